The number of anilines is 1. The molecule has 0 unspecified atom stereocenters. The number of nitrogens with one attached hydrogen (secondary N) is 2. The van der Waals surface area contributed by atoms with Gasteiger partial charge in [0, 0.05) is 31.2 Å². The van der Waals surface area contributed by atoms with Crippen LogP contribution in [0.25, 0.3) is 0 Å². The second kappa shape index (κ2) is 7.19. The summed E-state index contributed by atoms with van der Waals surface area (Å²) in [6.45, 7) is 1.49. The third kappa shape index (κ3) is 4.60. The van der Waals surface area contributed by atoms with Crippen LogP contribution in [0.1, 0.15) is 12.2 Å². The second-order valence-electron chi connectivity index (χ2n) is 4.77. The van der Waals surface area contributed by atoms with Crippen molar-refractivity contribution in [3.05, 3.63) is 46.2 Å². The van der Waals surface area contributed by atoms with Crippen molar-refractivity contribution >= 4 is 27.4 Å². The van der Waals surface area contributed by atoms with Crippen molar-refractivity contribution in [2.75, 3.05) is 11.9 Å². The summed E-state index contributed by atoms with van der Waals surface area (Å²) < 4.78 is 31.1. The molecule has 1 heterocycles. The molecule has 0 bridgehead atoms. The van der Waals surface area contributed by atoms with Gasteiger partial charge in [-0.25, -0.2) is 13.1 Å². The van der Waals surface area contributed by atoms with Crippen molar-refractivity contribution in [3.63, 3.8) is 0 Å². The van der Waals surface area contributed by atoms with Crippen LogP contribution < -0.4 is 10.0 Å². The molecule has 0 aliphatic rings. The van der Waals surface area contributed by atoms with E-state index < -0.39 is 20.9 Å². The lowest BCUT2D eigenvalue weighted by atomic mass is 10.3. The highest BCUT2D eigenvalue weighted by molar-refractivity contribution is 7.89. The van der Waals surface area contributed by atoms with Crippen molar-refractivity contribution in [3.8, 4) is 0 Å². The number of carbonyl (C=O) groups is 1. The largest absolute Gasteiger partial charge is 0.360 e. The van der Waals surface area contributed by atoms with Gasteiger partial charge in [-0.2, -0.15) is 0 Å². The normalized spacial score (nSPS) is 11.2. The fraction of sp³-hybridized carbons (Fsp3) is 0.231. The van der Waals surface area contributed by atoms with Crippen molar-refractivity contribution in [2.45, 2.75) is 18.2 Å². The van der Waals surface area contributed by atoms with Gasteiger partial charge in [-0.05, 0) is 13.0 Å². The monoisotopic (exact) mass is 354 g/mol. The van der Waals surface area contributed by atoms with Gasteiger partial charge in [0.25, 0.3) is 5.69 Å². The molecule has 0 radical (unpaired) electrons. The quantitative estimate of drug-likeness (QED) is 0.561. The lowest BCUT2D eigenvalue weighted by Crippen LogP contribution is -2.28. The first kappa shape index (κ1) is 17.6. The van der Waals surface area contributed by atoms with Crippen molar-refractivity contribution in [2.24, 2.45) is 0 Å². The van der Waals surface area contributed by atoms with Crippen molar-refractivity contribution in [1.29, 1.82) is 0 Å². The lowest BCUT2D eigenvalue weighted by molar-refractivity contribution is -0.385. The number of hydrogen-bond donors (Lipinski definition) is 2. The number of nitrogens with zero attached hydrogens (tertiary/aromatic N) is 2. The molecule has 2 aromatic rings. The van der Waals surface area contributed by atoms with E-state index in [4.69, 9.17) is 4.52 Å². The molecule has 24 heavy (non-hydrogen) atoms. The number of hydrogen-bond acceptors (Lipinski definition) is 7. The summed E-state index contributed by atoms with van der Waals surface area (Å²) in [5, 5.41) is 16.7. The third-order valence-corrected chi connectivity index (χ3v) is 4.34. The Morgan fingerprint density at radius 1 is 1.38 bits per heavy atom. The van der Waals surface area contributed by atoms with E-state index in [1.54, 1.807) is 6.92 Å². The molecule has 0 saturated carbocycles. The number of nitro groups is 1. The maximum atomic E-state index is 12.1. The Bertz CT molecular complexity index is 861. The van der Waals surface area contributed by atoms with E-state index in [1.807, 2.05) is 0 Å². The average Bonchev–Trinajstić information content (AvgIpc) is 2.92. The summed E-state index contributed by atoms with van der Waals surface area (Å²) in [6.07, 6.45) is -0.139. The molecule has 1 aromatic heterocycles. The van der Waals surface area contributed by atoms with E-state index in [1.165, 1.54) is 24.3 Å². The molecule has 0 fully saturated rings. The van der Waals surface area contributed by atoms with Gasteiger partial charge in [0.15, 0.2) is 5.82 Å². The topological polar surface area (TPSA) is 144 Å². The third-order valence-electron chi connectivity index (χ3n) is 2.88. The van der Waals surface area contributed by atoms with Crippen LogP contribution in [0.3, 0.4) is 0 Å². The van der Waals surface area contributed by atoms with E-state index in [-0.39, 0.29) is 29.4 Å². The van der Waals surface area contributed by atoms with Gasteiger partial charge in [0.1, 0.15) is 5.76 Å². The highest BCUT2D eigenvalue weighted by atomic mass is 32.2. The van der Waals surface area contributed by atoms with Crippen LogP contribution in [0.2, 0.25) is 0 Å². The zero-order chi connectivity index (χ0) is 17.7. The molecule has 2 rings (SSSR count). The number of nitro benzene ring substituents is 1. The van der Waals surface area contributed by atoms with Gasteiger partial charge in [0.2, 0.25) is 15.9 Å². The van der Waals surface area contributed by atoms with Crippen LogP contribution >= 0.6 is 0 Å². The van der Waals surface area contributed by atoms with Crippen LogP contribution in [0.15, 0.2) is 39.8 Å². The Hall–Kier alpha value is -2.79. The second-order valence-corrected chi connectivity index (χ2v) is 6.54. The molecule has 0 saturated heterocycles. The van der Waals surface area contributed by atoms with Gasteiger partial charge in [0.05, 0.1) is 9.82 Å². The number of aryl methyl sites for hydroxylation is 1. The SMILES string of the molecule is Cc1cc(NC(=O)CCNS(=O)(=O)c2cccc([N+](=O)[O-])c2)no1. The molecule has 10 nitrogen and oxygen atoms in total. The Morgan fingerprint density at radius 3 is 2.75 bits per heavy atom. The molecule has 0 spiro atoms. The number of sulfonamides is 1. The minimum Gasteiger partial charge on any atom is -0.360 e. The van der Waals surface area contributed by atoms with Crippen molar-refractivity contribution < 1.29 is 22.7 Å². The molecule has 0 aliphatic carbocycles. The Morgan fingerprint density at radius 2 is 2.12 bits per heavy atom. The number of benzene rings is 1. The Balaban J connectivity index is 1.92. The maximum Gasteiger partial charge on any atom is 0.270 e. The van der Waals surface area contributed by atoms with E-state index in [2.05, 4.69) is 15.2 Å². The van der Waals surface area contributed by atoms with Crippen LogP contribution in [0, 0.1) is 17.0 Å². The Kier molecular flexibility index (Phi) is 5.26. The average molecular weight is 354 g/mol. The summed E-state index contributed by atoms with van der Waals surface area (Å²) >= 11 is 0. The van der Waals surface area contributed by atoms with Crippen LogP contribution in [-0.2, 0) is 14.8 Å². The summed E-state index contributed by atoms with van der Waals surface area (Å²) in [4.78, 5) is 21.4. The van der Waals surface area contributed by atoms with E-state index in [0.717, 1.165) is 6.07 Å². The fourth-order valence-electron chi connectivity index (χ4n) is 1.78. The zero-order valence-corrected chi connectivity index (χ0v) is 13.4. The highest BCUT2D eigenvalue weighted by Crippen LogP contribution is 2.17. The molecule has 128 valence electrons. The Labute approximate surface area is 137 Å². The highest BCUT2D eigenvalue weighted by Gasteiger charge is 2.17. The number of aromatic nitrogens is 1. The van der Waals surface area contributed by atoms with Crippen molar-refractivity contribution in [1.82, 2.24) is 9.88 Å². The number of amides is 1. The predicted octanol–water partition coefficient (Wildman–Crippen LogP) is 1.20. The van der Waals surface area contributed by atoms with E-state index in [9.17, 15) is 23.3 Å². The zero-order valence-electron chi connectivity index (χ0n) is 12.6. The first-order chi connectivity index (χ1) is 11.3. The smallest absolute Gasteiger partial charge is 0.270 e. The summed E-state index contributed by atoms with van der Waals surface area (Å²) in [6, 6.07) is 6.15. The molecule has 1 aromatic carbocycles. The first-order valence-corrected chi connectivity index (χ1v) is 8.23. The molecule has 2 N–H and O–H groups in total. The number of non-ortho nitro benzene ring substituents is 1. The van der Waals surface area contributed by atoms with Crippen LogP contribution in [0.5, 0.6) is 0 Å². The fourth-order valence-corrected chi connectivity index (χ4v) is 2.85. The predicted molar refractivity (Wildman–Crippen MR) is 82.8 cm³/mol. The van der Waals surface area contributed by atoms with Crippen LogP contribution in [-0.4, -0.2) is 30.9 Å². The molecule has 0 aliphatic heterocycles. The standard InChI is InChI=1S/C13H14N4O6S/c1-9-7-12(16-23-9)15-13(18)5-6-14-24(21,22)11-4-2-3-10(8-11)17(19)20/h2-4,7-8,14H,5-6H2,1H3,(H,15,16,18). The molecule has 11 heteroatoms. The number of carbonyl (C=O) groups excluding carboxylic acids is 1. The summed E-state index contributed by atoms with van der Waals surface area (Å²) in [5.74, 6) is 0.306. The van der Waals surface area contributed by atoms with E-state index in [0.29, 0.717) is 5.76 Å². The molecular weight excluding hydrogens is 340 g/mol. The molecule has 1 amide bonds. The summed E-state index contributed by atoms with van der Waals surface area (Å²) in [7, 11) is -3.95. The van der Waals surface area contributed by atoms with Gasteiger partial charge in [-0.1, -0.05) is 11.2 Å². The molecule has 0 atom stereocenters. The van der Waals surface area contributed by atoms with Gasteiger partial charge >= 0.3 is 0 Å². The van der Waals surface area contributed by atoms with E-state index >= 15 is 0 Å². The summed E-state index contributed by atoms with van der Waals surface area (Å²) in [5.41, 5.74) is -0.336. The lowest BCUT2D eigenvalue weighted by Gasteiger charge is -2.06. The minimum absolute atomic E-state index is 0.139. The van der Waals surface area contributed by atoms with Gasteiger partial charge in [-0.15, -0.1) is 0 Å². The van der Waals surface area contributed by atoms with Gasteiger partial charge in [-0.3, -0.25) is 14.9 Å². The molecular formula is C13H14N4O6S. The maximum absolute atomic E-state index is 12.1. The number of rotatable bonds is 7. The first-order valence-electron chi connectivity index (χ1n) is 6.75. The van der Waals surface area contributed by atoms with Crippen LogP contribution in [0.4, 0.5) is 11.5 Å². The van der Waals surface area contributed by atoms with Gasteiger partial charge < -0.3 is 9.84 Å². The minimum atomic E-state index is -3.95.